The maximum absolute atomic E-state index is 12.6. The summed E-state index contributed by atoms with van der Waals surface area (Å²) in [6.45, 7) is 1.89. The molecule has 0 unspecified atom stereocenters. The van der Waals surface area contributed by atoms with E-state index in [-0.39, 0.29) is 10.8 Å². The third-order valence-electron chi connectivity index (χ3n) is 5.10. The second-order valence-corrected chi connectivity index (χ2v) is 8.79. The van der Waals surface area contributed by atoms with E-state index in [1.165, 1.54) is 25.7 Å². The van der Waals surface area contributed by atoms with E-state index in [2.05, 4.69) is 5.32 Å². The fourth-order valence-corrected chi connectivity index (χ4v) is 5.10. The van der Waals surface area contributed by atoms with Crippen LogP contribution in [0.3, 0.4) is 0 Å². The van der Waals surface area contributed by atoms with Crippen LogP contribution in [0.4, 0.5) is 0 Å². The van der Waals surface area contributed by atoms with Gasteiger partial charge in [-0.15, -0.1) is 0 Å². The van der Waals surface area contributed by atoms with E-state index in [0.717, 1.165) is 19.3 Å². The first-order valence-corrected chi connectivity index (χ1v) is 10.4. The molecule has 132 valence electrons. The van der Waals surface area contributed by atoms with Crippen molar-refractivity contribution in [2.24, 2.45) is 5.92 Å². The second kappa shape index (κ2) is 7.66. The van der Waals surface area contributed by atoms with Gasteiger partial charge in [-0.05, 0) is 55.9 Å². The van der Waals surface area contributed by atoms with Crippen molar-refractivity contribution < 1.29 is 13.2 Å². The number of hydrogen-bond donors (Lipinski definition) is 1. The Kier molecular flexibility index (Phi) is 5.56. The first-order valence-electron chi connectivity index (χ1n) is 8.96. The van der Waals surface area contributed by atoms with Crippen molar-refractivity contribution in [1.29, 1.82) is 0 Å². The summed E-state index contributed by atoms with van der Waals surface area (Å²) in [6.07, 6.45) is 7.81. The summed E-state index contributed by atoms with van der Waals surface area (Å²) in [5.41, 5.74) is 0.519. The molecular formula is C18H26N2O3S. The van der Waals surface area contributed by atoms with Gasteiger partial charge in [0.15, 0.2) is 0 Å². The van der Waals surface area contributed by atoms with Gasteiger partial charge in [0.2, 0.25) is 10.0 Å². The normalized spacial score (nSPS) is 20.2. The van der Waals surface area contributed by atoms with Crippen LogP contribution in [0.5, 0.6) is 0 Å². The average molecular weight is 350 g/mol. The predicted molar refractivity (Wildman–Crippen MR) is 93.3 cm³/mol. The zero-order valence-corrected chi connectivity index (χ0v) is 14.9. The largest absolute Gasteiger partial charge is 0.352 e. The molecule has 1 saturated carbocycles. The standard InChI is InChI=1S/C18H26N2O3S/c21-18(19-14-15-6-2-3-7-15)16-8-10-17(11-9-16)24(22,23)20-12-4-1-5-13-20/h8-11,15H,1-7,12-14H2,(H,19,21). The van der Waals surface area contributed by atoms with Crippen LogP contribution in [0, 0.1) is 5.92 Å². The Labute approximate surface area is 144 Å². The lowest BCUT2D eigenvalue weighted by molar-refractivity contribution is 0.0947. The van der Waals surface area contributed by atoms with Crippen LogP contribution in [-0.4, -0.2) is 38.3 Å². The number of rotatable bonds is 5. The molecule has 6 heteroatoms. The SMILES string of the molecule is O=C(NCC1CCCC1)c1ccc(S(=O)(=O)N2CCCCC2)cc1. The van der Waals surface area contributed by atoms with Crippen molar-refractivity contribution in [2.45, 2.75) is 49.8 Å². The van der Waals surface area contributed by atoms with Gasteiger partial charge in [-0.25, -0.2) is 8.42 Å². The highest BCUT2D eigenvalue weighted by Crippen LogP contribution is 2.24. The van der Waals surface area contributed by atoms with E-state index in [9.17, 15) is 13.2 Å². The van der Waals surface area contributed by atoms with Gasteiger partial charge >= 0.3 is 0 Å². The molecule has 0 aromatic heterocycles. The second-order valence-electron chi connectivity index (χ2n) is 6.85. The zero-order valence-electron chi connectivity index (χ0n) is 14.0. The molecule has 24 heavy (non-hydrogen) atoms. The molecule has 1 N–H and O–H groups in total. The lowest BCUT2D eigenvalue weighted by atomic mass is 10.1. The van der Waals surface area contributed by atoms with Crippen LogP contribution in [0.2, 0.25) is 0 Å². The van der Waals surface area contributed by atoms with Gasteiger partial charge in [0.1, 0.15) is 0 Å². The van der Waals surface area contributed by atoms with Crippen LogP contribution < -0.4 is 5.32 Å². The number of carbonyl (C=O) groups excluding carboxylic acids is 1. The van der Waals surface area contributed by atoms with Crippen molar-refractivity contribution in [3.8, 4) is 0 Å². The maximum Gasteiger partial charge on any atom is 0.251 e. The summed E-state index contributed by atoms with van der Waals surface area (Å²) in [5.74, 6) is 0.469. The Balaban J connectivity index is 1.62. The lowest BCUT2D eigenvalue weighted by Gasteiger charge is -2.25. The Morgan fingerprint density at radius 3 is 2.25 bits per heavy atom. The van der Waals surface area contributed by atoms with E-state index in [0.29, 0.717) is 31.1 Å². The monoisotopic (exact) mass is 350 g/mol. The molecule has 0 atom stereocenters. The van der Waals surface area contributed by atoms with Gasteiger partial charge < -0.3 is 5.32 Å². The average Bonchev–Trinajstić information content (AvgIpc) is 3.14. The molecule has 2 aliphatic rings. The number of carbonyl (C=O) groups is 1. The van der Waals surface area contributed by atoms with Crippen LogP contribution in [-0.2, 0) is 10.0 Å². The molecule has 1 aromatic rings. The van der Waals surface area contributed by atoms with Gasteiger partial charge in [-0.2, -0.15) is 4.31 Å². The Hall–Kier alpha value is -1.40. The van der Waals surface area contributed by atoms with Crippen LogP contribution in [0.25, 0.3) is 0 Å². The van der Waals surface area contributed by atoms with Gasteiger partial charge in [0.05, 0.1) is 4.90 Å². The molecule has 2 fully saturated rings. The minimum Gasteiger partial charge on any atom is -0.352 e. The van der Waals surface area contributed by atoms with Gasteiger partial charge in [-0.1, -0.05) is 19.3 Å². The number of benzene rings is 1. The van der Waals surface area contributed by atoms with Crippen LogP contribution >= 0.6 is 0 Å². The Morgan fingerprint density at radius 2 is 1.62 bits per heavy atom. The quantitative estimate of drug-likeness (QED) is 0.888. The highest BCUT2D eigenvalue weighted by molar-refractivity contribution is 7.89. The summed E-state index contributed by atoms with van der Waals surface area (Å²) in [5, 5.41) is 2.96. The Bertz CT molecular complexity index is 658. The van der Waals surface area contributed by atoms with E-state index in [1.807, 2.05) is 0 Å². The first-order chi connectivity index (χ1) is 11.6. The molecule has 0 bridgehead atoms. The number of nitrogens with one attached hydrogen (secondary N) is 1. The fourth-order valence-electron chi connectivity index (χ4n) is 3.59. The van der Waals surface area contributed by atoms with E-state index in [4.69, 9.17) is 0 Å². The first kappa shape index (κ1) is 17.4. The molecule has 1 heterocycles. The summed E-state index contributed by atoms with van der Waals surface area (Å²) in [6, 6.07) is 6.32. The van der Waals surface area contributed by atoms with Crippen LogP contribution in [0.15, 0.2) is 29.2 Å². The fraction of sp³-hybridized carbons (Fsp3) is 0.611. The summed E-state index contributed by atoms with van der Waals surface area (Å²) >= 11 is 0. The number of nitrogens with zero attached hydrogens (tertiary/aromatic N) is 1. The molecular weight excluding hydrogens is 324 g/mol. The smallest absolute Gasteiger partial charge is 0.251 e. The zero-order chi connectivity index (χ0) is 17.0. The van der Waals surface area contributed by atoms with Crippen molar-refractivity contribution >= 4 is 15.9 Å². The van der Waals surface area contributed by atoms with Gasteiger partial charge in [-0.3, -0.25) is 4.79 Å². The van der Waals surface area contributed by atoms with Crippen molar-refractivity contribution in [1.82, 2.24) is 9.62 Å². The molecule has 1 amide bonds. The minimum absolute atomic E-state index is 0.121. The number of hydrogen-bond acceptors (Lipinski definition) is 3. The predicted octanol–water partition coefficient (Wildman–Crippen LogP) is 2.78. The molecule has 1 aliphatic carbocycles. The molecule has 1 saturated heterocycles. The topological polar surface area (TPSA) is 66.5 Å². The Morgan fingerprint density at radius 1 is 1.00 bits per heavy atom. The summed E-state index contributed by atoms with van der Waals surface area (Å²) in [4.78, 5) is 12.5. The third-order valence-corrected chi connectivity index (χ3v) is 7.01. The van der Waals surface area contributed by atoms with Crippen molar-refractivity contribution in [2.75, 3.05) is 19.6 Å². The molecule has 1 aliphatic heterocycles. The highest BCUT2D eigenvalue weighted by Gasteiger charge is 2.26. The molecule has 0 radical (unpaired) electrons. The van der Waals surface area contributed by atoms with Crippen molar-refractivity contribution in [3.05, 3.63) is 29.8 Å². The van der Waals surface area contributed by atoms with Crippen molar-refractivity contribution in [3.63, 3.8) is 0 Å². The summed E-state index contributed by atoms with van der Waals surface area (Å²) < 4.78 is 26.7. The van der Waals surface area contributed by atoms with Gasteiger partial charge in [0.25, 0.3) is 5.91 Å². The molecule has 0 spiro atoms. The molecule has 5 nitrogen and oxygen atoms in total. The molecule has 3 rings (SSSR count). The highest BCUT2D eigenvalue weighted by atomic mass is 32.2. The number of sulfonamides is 1. The van der Waals surface area contributed by atoms with E-state index in [1.54, 1.807) is 28.6 Å². The van der Waals surface area contributed by atoms with E-state index >= 15 is 0 Å². The lowest BCUT2D eigenvalue weighted by Crippen LogP contribution is -2.35. The number of amides is 1. The van der Waals surface area contributed by atoms with Crippen LogP contribution in [0.1, 0.15) is 55.3 Å². The van der Waals surface area contributed by atoms with E-state index < -0.39 is 10.0 Å². The maximum atomic E-state index is 12.6. The third kappa shape index (κ3) is 3.98. The minimum atomic E-state index is -3.43. The summed E-state index contributed by atoms with van der Waals surface area (Å²) in [7, 11) is -3.43. The number of piperidine rings is 1. The van der Waals surface area contributed by atoms with Gasteiger partial charge in [0, 0.05) is 25.2 Å². The molecule has 1 aromatic carbocycles.